The van der Waals surface area contributed by atoms with Crippen molar-refractivity contribution in [2.75, 3.05) is 10.6 Å². The molecule has 1 spiro atoms. The molecule has 5 heteroatoms. The Bertz CT molecular complexity index is 574. The largest absolute Gasteiger partial charge is 0.478 e. The lowest BCUT2D eigenvalue weighted by Gasteiger charge is -2.43. The van der Waals surface area contributed by atoms with E-state index in [1.54, 1.807) is 6.07 Å². The van der Waals surface area contributed by atoms with Crippen LogP contribution in [0.25, 0.3) is 0 Å². The minimum Gasteiger partial charge on any atom is -0.478 e. The highest BCUT2D eigenvalue weighted by molar-refractivity contribution is 6.11. The van der Waals surface area contributed by atoms with Crippen molar-refractivity contribution in [2.45, 2.75) is 38.1 Å². The van der Waals surface area contributed by atoms with Gasteiger partial charge in [-0.1, -0.05) is 13.0 Å². The van der Waals surface area contributed by atoms with Crippen LogP contribution in [0.5, 0.6) is 0 Å². The molecule has 5 nitrogen and oxygen atoms in total. The number of rotatable bonds is 1. The number of hydrogen-bond donors (Lipinski definition) is 3. The second kappa shape index (κ2) is 4.51. The lowest BCUT2D eigenvalue weighted by atomic mass is 9.75. The number of carbonyl (C=O) groups is 2. The first kappa shape index (κ1) is 13.0. The Kier molecular flexibility index (Phi) is 2.92. The summed E-state index contributed by atoms with van der Waals surface area (Å²) in [5, 5.41) is 15.3. The normalized spacial score (nSPS) is 28.4. The topological polar surface area (TPSA) is 78.4 Å². The molecule has 1 aromatic carbocycles. The Morgan fingerprint density at radius 2 is 2.05 bits per heavy atom. The number of benzene rings is 1. The van der Waals surface area contributed by atoms with E-state index >= 15 is 0 Å². The van der Waals surface area contributed by atoms with Crippen molar-refractivity contribution in [3.63, 3.8) is 0 Å². The molecule has 0 atom stereocenters. The highest BCUT2D eigenvalue weighted by Crippen LogP contribution is 2.41. The van der Waals surface area contributed by atoms with E-state index in [1.165, 1.54) is 6.07 Å². The van der Waals surface area contributed by atoms with E-state index in [2.05, 4.69) is 17.6 Å². The van der Waals surface area contributed by atoms with E-state index in [0.29, 0.717) is 17.3 Å². The number of carboxylic acids is 1. The zero-order valence-electron chi connectivity index (χ0n) is 11.4. The van der Waals surface area contributed by atoms with Crippen molar-refractivity contribution < 1.29 is 14.7 Å². The number of carbonyl (C=O) groups excluding carboxylic acids is 1. The van der Waals surface area contributed by atoms with Gasteiger partial charge in [0.05, 0.1) is 16.9 Å². The van der Waals surface area contributed by atoms with E-state index in [9.17, 15) is 14.7 Å². The second-order valence-electron chi connectivity index (χ2n) is 5.88. The van der Waals surface area contributed by atoms with Crippen LogP contribution in [0.3, 0.4) is 0 Å². The highest BCUT2D eigenvalue weighted by Gasteiger charge is 2.44. The SMILES string of the molecule is CC1CCC2(CC1)Nc1cccc(C(=O)O)c1NC2=O. The summed E-state index contributed by atoms with van der Waals surface area (Å²) in [4.78, 5) is 23.7. The standard InChI is InChI=1S/C15H18N2O3/c1-9-5-7-15(8-6-9)14(20)16-12-10(13(18)19)3-2-4-11(12)17-15/h2-4,9,17H,5-8H2,1H3,(H,16,20)(H,18,19). The van der Waals surface area contributed by atoms with Crippen LogP contribution in [0.15, 0.2) is 18.2 Å². The van der Waals surface area contributed by atoms with Gasteiger partial charge in [-0.3, -0.25) is 4.79 Å². The molecule has 1 aliphatic carbocycles. The molecule has 2 aliphatic rings. The van der Waals surface area contributed by atoms with Gasteiger partial charge in [0.2, 0.25) is 5.91 Å². The molecule has 1 saturated carbocycles. The van der Waals surface area contributed by atoms with Crippen molar-refractivity contribution in [3.05, 3.63) is 23.8 Å². The molecular weight excluding hydrogens is 256 g/mol. The Morgan fingerprint density at radius 1 is 1.35 bits per heavy atom. The monoisotopic (exact) mass is 274 g/mol. The van der Waals surface area contributed by atoms with Gasteiger partial charge in [-0.2, -0.15) is 0 Å². The van der Waals surface area contributed by atoms with Crippen LogP contribution in [0, 0.1) is 5.92 Å². The lowest BCUT2D eigenvalue weighted by molar-refractivity contribution is -0.121. The number of amides is 1. The minimum atomic E-state index is -1.03. The first-order chi connectivity index (χ1) is 9.52. The number of fused-ring (bicyclic) bond motifs is 1. The predicted octanol–water partition coefficient (Wildman–Crippen LogP) is 2.70. The van der Waals surface area contributed by atoms with Crippen LogP contribution in [0.1, 0.15) is 43.0 Å². The van der Waals surface area contributed by atoms with Gasteiger partial charge >= 0.3 is 5.97 Å². The van der Waals surface area contributed by atoms with Crippen molar-refractivity contribution >= 4 is 23.3 Å². The minimum absolute atomic E-state index is 0.106. The summed E-state index contributed by atoms with van der Waals surface area (Å²) in [6, 6.07) is 5.02. The number of nitrogens with one attached hydrogen (secondary N) is 2. The molecule has 106 valence electrons. The van der Waals surface area contributed by atoms with Crippen molar-refractivity contribution in [2.24, 2.45) is 5.92 Å². The quantitative estimate of drug-likeness (QED) is 0.735. The number of anilines is 2. The van der Waals surface area contributed by atoms with E-state index < -0.39 is 11.5 Å². The summed E-state index contributed by atoms with van der Waals surface area (Å²) in [7, 11) is 0. The summed E-state index contributed by atoms with van der Waals surface area (Å²) in [6.07, 6.45) is 3.59. The Hall–Kier alpha value is -2.04. The highest BCUT2D eigenvalue weighted by atomic mass is 16.4. The summed E-state index contributed by atoms with van der Waals surface area (Å²) < 4.78 is 0. The van der Waals surface area contributed by atoms with Crippen molar-refractivity contribution in [3.8, 4) is 0 Å². The predicted molar refractivity (Wildman–Crippen MR) is 76.0 cm³/mol. The fraction of sp³-hybridized carbons (Fsp3) is 0.467. The summed E-state index contributed by atoms with van der Waals surface area (Å²) in [6.45, 7) is 2.20. The summed E-state index contributed by atoms with van der Waals surface area (Å²) in [5.41, 5.74) is 0.645. The van der Waals surface area contributed by atoms with Crippen LogP contribution in [0.2, 0.25) is 0 Å². The molecule has 1 amide bonds. The molecule has 1 aliphatic heterocycles. The maximum Gasteiger partial charge on any atom is 0.337 e. The fourth-order valence-electron chi connectivity index (χ4n) is 3.12. The van der Waals surface area contributed by atoms with Gasteiger partial charge in [0.1, 0.15) is 5.54 Å². The third-order valence-electron chi connectivity index (χ3n) is 4.47. The molecule has 0 radical (unpaired) electrons. The smallest absolute Gasteiger partial charge is 0.337 e. The molecule has 20 heavy (non-hydrogen) atoms. The summed E-state index contributed by atoms with van der Waals surface area (Å²) in [5.74, 6) is -0.496. The number of aromatic carboxylic acids is 1. The molecule has 0 aromatic heterocycles. The van der Waals surface area contributed by atoms with Crippen molar-refractivity contribution in [1.29, 1.82) is 0 Å². The molecular formula is C15H18N2O3. The lowest BCUT2D eigenvalue weighted by Crippen LogP contribution is -2.54. The average Bonchev–Trinajstić information content (AvgIpc) is 2.42. The van der Waals surface area contributed by atoms with Gasteiger partial charge in [0.25, 0.3) is 0 Å². The second-order valence-corrected chi connectivity index (χ2v) is 5.88. The Balaban J connectivity index is 1.98. The molecule has 1 aromatic rings. The van der Waals surface area contributed by atoms with Crippen LogP contribution in [0.4, 0.5) is 11.4 Å². The molecule has 1 fully saturated rings. The van der Waals surface area contributed by atoms with E-state index in [1.807, 2.05) is 6.07 Å². The molecule has 0 saturated heterocycles. The van der Waals surface area contributed by atoms with E-state index in [0.717, 1.165) is 25.7 Å². The zero-order valence-corrected chi connectivity index (χ0v) is 11.4. The Morgan fingerprint density at radius 3 is 2.70 bits per heavy atom. The van der Waals surface area contributed by atoms with Gasteiger partial charge in [-0.05, 0) is 43.7 Å². The van der Waals surface area contributed by atoms with Crippen molar-refractivity contribution in [1.82, 2.24) is 0 Å². The van der Waals surface area contributed by atoms with Crippen LogP contribution >= 0.6 is 0 Å². The molecule has 3 rings (SSSR count). The van der Waals surface area contributed by atoms with Gasteiger partial charge < -0.3 is 15.7 Å². The number of carboxylic acid groups (broad SMARTS) is 1. The molecule has 3 N–H and O–H groups in total. The fourth-order valence-corrected chi connectivity index (χ4v) is 3.12. The number of hydrogen-bond acceptors (Lipinski definition) is 3. The van der Waals surface area contributed by atoms with Gasteiger partial charge in [-0.25, -0.2) is 4.79 Å². The Labute approximate surface area is 117 Å². The van der Waals surface area contributed by atoms with Crippen LogP contribution in [-0.4, -0.2) is 22.5 Å². The van der Waals surface area contributed by atoms with Crippen LogP contribution in [-0.2, 0) is 4.79 Å². The van der Waals surface area contributed by atoms with E-state index in [4.69, 9.17) is 0 Å². The first-order valence-electron chi connectivity index (χ1n) is 6.98. The summed E-state index contributed by atoms with van der Waals surface area (Å²) >= 11 is 0. The zero-order chi connectivity index (χ0) is 14.3. The third-order valence-corrected chi connectivity index (χ3v) is 4.47. The molecule has 1 heterocycles. The van der Waals surface area contributed by atoms with E-state index in [-0.39, 0.29) is 11.5 Å². The molecule has 0 unspecified atom stereocenters. The average molecular weight is 274 g/mol. The maximum atomic E-state index is 12.4. The number of para-hydroxylation sites is 1. The maximum absolute atomic E-state index is 12.4. The van der Waals surface area contributed by atoms with Gasteiger partial charge in [0, 0.05) is 0 Å². The first-order valence-corrected chi connectivity index (χ1v) is 6.98. The molecule has 0 bridgehead atoms. The van der Waals surface area contributed by atoms with Gasteiger partial charge in [0.15, 0.2) is 0 Å². The third kappa shape index (κ3) is 1.94. The van der Waals surface area contributed by atoms with Gasteiger partial charge in [-0.15, -0.1) is 0 Å². The van der Waals surface area contributed by atoms with Crippen LogP contribution < -0.4 is 10.6 Å².